The van der Waals surface area contributed by atoms with Gasteiger partial charge in [-0.05, 0) is 0 Å². The van der Waals surface area contributed by atoms with Crippen molar-refractivity contribution in [3.63, 3.8) is 0 Å². The lowest BCUT2D eigenvalue weighted by Gasteiger charge is -2.24. The van der Waals surface area contributed by atoms with Gasteiger partial charge in [0.25, 0.3) is 0 Å². The van der Waals surface area contributed by atoms with Crippen LogP contribution in [-0.2, 0) is 22.8 Å². The van der Waals surface area contributed by atoms with Crippen LogP contribution in [0.5, 0.6) is 0 Å². The molecule has 0 unspecified atom stereocenters. The molecular weight excluding hydrogens is 192 g/mol. The zero-order valence-corrected chi connectivity index (χ0v) is 9.46. The van der Waals surface area contributed by atoms with Crippen LogP contribution in [0.4, 0.5) is 0 Å². The number of carbonyl (C=O) groups excluding carboxylic acids is 1. The summed E-state index contributed by atoms with van der Waals surface area (Å²) in [6.45, 7) is 1.76. The molecule has 0 aromatic rings. The standard InChI is InChI=1S/C7H16O5Si/c1-5-13(10-3,11-4)12-6-7(8)9-2/h5-6H2,1-4H3. The van der Waals surface area contributed by atoms with Crippen LogP contribution in [0.15, 0.2) is 0 Å². The Kier molecular flexibility index (Phi) is 5.88. The highest BCUT2D eigenvalue weighted by Crippen LogP contribution is 2.12. The molecule has 6 heteroatoms. The van der Waals surface area contributed by atoms with E-state index in [0.29, 0.717) is 6.04 Å². The molecule has 0 spiro atoms. The van der Waals surface area contributed by atoms with Crippen LogP contribution in [0.25, 0.3) is 0 Å². The normalized spacial score (nSPS) is 11.4. The van der Waals surface area contributed by atoms with Crippen LogP contribution in [0, 0.1) is 0 Å². The lowest BCUT2D eigenvalue weighted by molar-refractivity contribution is -0.144. The van der Waals surface area contributed by atoms with Gasteiger partial charge in [0.15, 0.2) is 0 Å². The lowest BCUT2D eigenvalue weighted by atomic mass is 10.8. The highest BCUT2D eigenvalue weighted by Gasteiger charge is 2.37. The molecule has 0 heterocycles. The van der Waals surface area contributed by atoms with Crippen molar-refractivity contribution >= 4 is 14.8 Å². The van der Waals surface area contributed by atoms with E-state index >= 15 is 0 Å². The molecule has 78 valence electrons. The van der Waals surface area contributed by atoms with Gasteiger partial charge in [-0.3, -0.25) is 0 Å². The van der Waals surface area contributed by atoms with Crippen molar-refractivity contribution in [2.75, 3.05) is 27.9 Å². The molecule has 0 saturated carbocycles. The van der Waals surface area contributed by atoms with Gasteiger partial charge in [-0.2, -0.15) is 0 Å². The monoisotopic (exact) mass is 208 g/mol. The number of esters is 1. The number of methoxy groups -OCH3 is 1. The van der Waals surface area contributed by atoms with Crippen molar-refractivity contribution in [3.8, 4) is 0 Å². The van der Waals surface area contributed by atoms with Crippen LogP contribution in [0.1, 0.15) is 6.92 Å². The predicted octanol–water partition coefficient (Wildman–Crippen LogP) is 0.428. The number of ether oxygens (including phenoxy) is 1. The average Bonchev–Trinajstić information content (AvgIpc) is 2.20. The first kappa shape index (κ1) is 12.6. The Morgan fingerprint density at radius 1 is 1.23 bits per heavy atom. The number of hydrogen-bond acceptors (Lipinski definition) is 5. The minimum Gasteiger partial charge on any atom is -0.467 e. The summed E-state index contributed by atoms with van der Waals surface area (Å²) < 4.78 is 19.9. The highest BCUT2D eigenvalue weighted by molar-refractivity contribution is 6.60. The van der Waals surface area contributed by atoms with Crippen LogP contribution < -0.4 is 0 Å². The molecule has 5 nitrogen and oxygen atoms in total. The van der Waals surface area contributed by atoms with Gasteiger partial charge < -0.3 is 18.0 Å². The molecule has 0 aliphatic rings. The minimum atomic E-state index is -2.60. The molecule has 0 aromatic carbocycles. The molecule has 0 aliphatic heterocycles. The Bertz CT molecular complexity index is 149. The Morgan fingerprint density at radius 2 is 1.77 bits per heavy atom. The van der Waals surface area contributed by atoms with Crippen molar-refractivity contribution in [3.05, 3.63) is 0 Å². The summed E-state index contributed by atoms with van der Waals surface area (Å²) in [4.78, 5) is 10.8. The van der Waals surface area contributed by atoms with E-state index in [9.17, 15) is 4.79 Å². The molecule has 13 heavy (non-hydrogen) atoms. The van der Waals surface area contributed by atoms with Gasteiger partial charge in [-0.1, -0.05) is 6.92 Å². The molecule has 0 rings (SSSR count). The van der Waals surface area contributed by atoms with Gasteiger partial charge in [0.1, 0.15) is 6.61 Å². The van der Waals surface area contributed by atoms with Gasteiger partial charge in [0.2, 0.25) is 0 Å². The molecule has 0 amide bonds. The van der Waals surface area contributed by atoms with Crippen molar-refractivity contribution < 1.29 is 22.8 Å². The SMILES string of the molecule is CC[Si](OC)(OC)OCC(=O)OC. The zero-order chi connectivity index (χ0) is 10.3. The third-order valence-corrected chi connectivity index (χ3v) is 4.39. The summed E-state index contributed by atoms with van der Waals surface area (Å²) in [5.41, 5.74) is 0. The van der Waals surface area contributed by atoms with Crippen molar-refractivity contribution in [1.82, 2.24) is 0 Å². The lowest BCUT2D eigenvalue weighted by Crippen LogP contribution is -2.44. The molecule has 0 radical (unpaired) electrons. The van der Waals surface area contributed by atoms with Gasteiger partial charge >= 0.3 is 14.8 Å². The largest absolute Gasteiger partial charge is 0.500 e. The molecule has 0 aliphatic carbocycles. The van der Waals surface area contributed by atoms with Crippen molar-refractivity contribution in [2.24, 2.45) is 0 Å². The summed E-state index contributed by atoms with van der Waals surface area (Å²) in [5.74, 6) is -0.431. The van der Waals surface area contributed by atoms with E-state index in [0.717, 1.165) is 0 Å². The van der Waals surface area contributed by atoms with Crippen molar-refractivity contribution in [2.45, 2.75) is 13.0 Å². The molecule has 0 N–H and O–H groups in total. The molecule has 0 aromatic heterocycles. The van der Waals surface area contributed by atoms with Gasteiger partial charge in [-0.15, -0.1) is 0 Å². The number of hydrogen-bond donors (Lipinski definition) is 0. The smallest absolute Gasteiger partial charge is 0.467 e. The fraction of sp³-hybridized carbons (Fsp3) is 0.857. The van der Waals surface area contributed by atoms with E-state index in [4.69, 9.17) is 13.3 Å². The summed E-state index contributed by atoms with van der Waals surface area (Å²) in [7, 11) is 1.73. The Labute approximate surface area is 79.3 Å². The second kappa shape index (κ2) is 6.09. The average molecular weight is 208 g/mol. The quantitative estimate of drug-likeness (QED) is 0.468. The fourth-order valence-corrected chi connectivity index (χ4v) is 2.34. The maximum absolute atomic E-state index is 10.8. The number of rotatable bonds is 6. The predicted molar refractivity (Wildman–Crippen MR) is 48.2 cm³/mol. The Balaban J connectivity index is 4.02. The topological polar surface area (TPSA) is 54.0 Å². The summed E-state index contributed by atoms with van der Waals surface area (Å²) in [5, 5.41) is 0. The Hall–Kier alpha value is -0.433. The van der Waals surface area contributed by atoms with Crippen LogP contribution in [0.3, 0.4) is 0 Å². The van der Waals surface area contributed by atoms with Crippen LogP contribution in [-0.4, -0.2) is 42.7 Å². The second-order valence-corrected chi connectivity index (χ2v) is 5.49. The third kappa shape index (κ3) is 3.86. The van der Waals surface area contributed by atoms with Gasteiger partial charge in [-0.25, -0.2) is 4.79 Å². The highest BCUT2D eigenvalue weighted by atomic mass is 28.4. The van der Waals surface area contributed by atoms with Crippen LogP contribution >= 0.6 is 0 Å². The zero-order valence-electron chi connectivity index (χ0n) is 8.46. The van der Waals surface area contributed by atoms with Gasteiger partial charge in [0, 0.05) is 20.3 Å². The van der Waals surface area contributed by atoms with E-state index < -0.39 is 14.8 Å². The van der Waals surface area contributed by atoms with E-state index in [1.54, 1.807) is 0 Å². The molecule has 0 bridgehead atoms. The third-order valence-electron chi connectivity index (χ3n) is 1.69. The van der Waals surface area contributed by atoms with E-state index in [1.807, 2.05) is 6.92 Å². The van der Waals surface area contributed by atoms with E-state index in [2.05, 4.69) is 4.74 Å². The minimum absolute atomic E-state index is 0.127. The molecule has 0 atom stereocenters. The fourth-order valence-electron chi connectivity index (χ4n) is 0.820. The maximum Gasteiger partial charge on any atom is 0.500 e. The summed E-state index contributed by atoms with van der Waals surface area (Å²) >= 11 is 0. The molecular formula is C7H16O5Si. The van der Waals surface area contributed by atoms with E-state index in [-0.39, 0.29) is 6.61 Å². The van der Waals surface area contributed by atoms with Crippen molar-refractivity contribution in [1.29, 1.82) is 0 Å². The first-order chi connectivity index (χ1) is 6.14. The van der Waals surface area contributed by atoms with Crippen LogP contribution in [0.2, 0.25) is 6.04 Å². The van der Waals surface area contributed by atoms with E-state index in [1.165, 1.54) is 21.3 Å². The first-order valence-electron chi connectivity index (χ1n) is 3.95. The molecule has 0 saturated heterocycles. The summed E-state index contributed by atoms with van der Waals surface area (Å²) in [6.07, 6.45) is 0. The first-order valence-corrected chi connectivity index (χ1v) is 5.88. The maximum atomic E-state index is 10.8. The summed E-state index contributed by atoms with van der Waals surface area (Å²) in [6, 6.07) is 0.622. The number of carbonyl (C=O) groups is 1. The Morgan fingerprint density at radius 3 is 2.08 bits per heavy atom. The molecule has 0 fully saturated rings. The van der Waals surface area contributed by atoms with Gasteiger partial charge in [0.05, 0.1) is 7.11 Å². The second-order valence-electron chi connectivity index (χ2n) is 2.31.